The van der Waals surface area contributed by atoms with Gasteiger partial charge in [0.05, 0.1) is 11.4 Å². The van der Waals surface area contributed by atoms with Gasteiger partial charge in [-0.1, -0.05) is 49.6 Å². The second kappa shape index (κ2) is 10.7. The van der Waals surface area contributed by atoms with E-state index in [-0.39, 0.29) is 11.4 Å². The van der Waals surface area contributed by atoms with Crippen molar-refractivity contribution in [3.63, 3.8) is 0 Å². The lowest BCUT2D eigenvalue weighted by Crippen LogP contribution is -2.49. The van der Waals surface area contributed by atoms with Gasteiger partial charge in [-0.2, -0.15) is 0 Å². The zero-order chi connectivity index (χ0) is 23.1. The second-order valence-corrected chi connectivity index (χ2v) is 10.2. The van der Waals surface area contributed by atoms with E-state index in [1.165, 1.54) is 19.3 Å². The molecule has 2 aromatic carbocycles. The van der Waals surface area contributed by atoms with Crippen LogP contribution in [0, 0.1) is 0 Å². The van der Waals surface area contributed by atoms with E-state index in [2.05, 4.69) is 10.9 Å². The van der Waals surface area contributed by atoms with Crippen LogP contribution in [-0.4, -0.2) is 37.1 Å². The van der Waals surface area contributed by atoms with Crippen LogP contribution < -0.4 is 10.9 Å². The molecule has 172 valence electrons. The van der Waals surface area contributed by atoms with Crippen molar-refractivity contribution in [2.24, 2.45) is 0 Å². The molecule has 1 aliphatic rings. The fourth-order valence-corrected chi connectivity index (χ4v) is 5.70. The Hall–Kier alpha value is -2.71. The molecule has 3 rings (SSSR count). The number of sulfonamides is 1. The van der Waals surface area contributed by atoms with Gasteiger partial charge in [0.15, 0.2) is 0 Å². The van der Waals surface area contributed by atoms with Crippen LogP contribution in [0.2, 0.25) is 0 Å². The standard InChI is InChI=1S/C24H31N3O4S/c1-18(2)27(23(28)17-25-26-24(29)21-11-7-4-8-12-21)32(30,31)22-15-13-20(14-16-22)19-9-5-3-6-10-19/h4,7-8,11-16,18-19,25H,3,5-6,9-10,17H2,1-2H3,(H,26,29). The van der Waals surface area contributed by atoms with E-state index in [1.807, 2.05) is 12.1 Å². The quantitative estimate of drug-likeness (QED) is 0.591. The van der Waals surface area contributed by atoms with E-state index in [4.69, 9.17) is 0 Å². The Balaban J connectivity index is 1.66. The van der Waals surface area contributed by atoms with Crippen LogP contribution >= 0.6 is 0 Å². The number of hydrogen-bond acceptors (Lipinski definition) is 5. The van der Waals surface area contributed by atoms with E-state index >= 15 is 0 Å². The first-order valence-corrected chi connectivity index (χ1v) is 12.5. The van der Waals surface area contributed by atoms with Crippen molar-refractivity contribution in [2.45, 2.75) is 62.8 Å². The normalized spacial score (nSPS) is 14.8. The Morgan fingerprint density at radius 3 is 2.19 bits per heavy atom. The molecule has 7 nitrogen and oxygen atoms in total. The molecule has 0 atom stereocenters. The Morgan fingerprint density at radius 2 is 1.59 bits per heavy atom. The van der Waals surface area contributed by atoms with Crippen LogP contribution in [0.15, 0.2) is 59.5 Å². The number of amides is 2. The summed E-state index contributed by atoms with van der Waals surface area (Å²) in [5, 5.41) is 0. The predicted molar refractivity (Wildman–Crippen MR) is 123 cm³/mol. The fourth-order valence-electron chi connectivity index (χ4n) is 4.10. The smallest absolute Gasteiger partial charge is 0.266 e. The molecule has 1 fully saturated rings. The number of hydrazine groups is 1. The summed E-state index contributed by atoms with van der Waals surface area (Å²) in [6, 6.07) is 14.9. The maximum atomic E-state index is 13.2. The summed E-state index contributed by atoms with van der Waals surface area (Å²) in [7, 11) is -4.02. The summed E-state index contributed by atoms with van der Waals surface area (Å²) in [6.07, 6.45) is 5.92. The van der Waals surface area contributed by atoms with Gasteiger partial charge in [-0.25, -0.2) is 18.1 Å². The SMILES string of the molecule is CC(C)N(C(=O)CNNC(=O)c1ccccc1)S(=O)(=O)c1ccc(C2CCCCC2)cc1. The van der Waals surface area contributed by atoms with Crippen molar-refractivity contribution < 1.29 is 18.0 Å². The lowest BCUT2D eigenvalue weighted by molar-refractivity contribution is -0.126. The molecule has 2 aromatic rings. The molecule has 0 heterocycles. The van der Waals surface area contributed by atoms with Gasteiger partial charge in [-0.3, -0.25) is 15.0 Å². The van der Waals surface area contributed by atoms with E-state index in [9.17, 15) is 18.0 Å². The molecule has 0 spiro atoms. The average Bonchev–Trinajstić information content (AvgIpc) is 2.80. The minimum Gasteiger partial charge on any atom is -0.287 e. The molecule has 1 aliphatic carbocycles. The van der Waals surface area contributed by atoms with E-state index in [0.717, 1.165) is 22.7 Å². The average molecular weight is 458 g/mol. The van der Waals surface area contributed by atoms with Crippen molar-refractivity contribution in [3.8, 4) is 0 Å². The highest BCUT2D eigenvalue weighted by atomic mass is 32.2. The molecular formula is C24H31N3O4S. The van der Waals surface area contributed by atoms with E-state index < -0.39 is 27.9 Å². The molecule has 0 aliphatic heterocycles. The third kappa shape index (κ3) is 5.75. The highest BCUT2D eigenvalue weighted by molar-refractivity contribution is 7.89. The molecule has 0 radical (unpaired) electrons. The van der Waals surface area contributed by atoms with Crippen LogP contribution in [0.5, 0.6) is 0 Å². The highest BCUT2D eigenvalue weighted by Crippen LogP contribution is 2.33. The summed E-state index contributed by atoms with van der Waals surface area (Å²) in [5.41, 5.74) is 6.55. The molecule has 32 heavy (non-hydrogen) atoms. The van der Waals surface area contributed by atoms with Gasteiger partial charge < -0.3 is 0 Å². The zero-order valence-electron chi connectivity index (χ0n) is 18.6. The summed E-state index contributed by atoms with van der Waals surface area (Å²) in [5.74, 6) is -0.582. The number of rotatable bonds is 8. The van der Waals surface area contributed by atoms with Crippen molar-refractivity contribution in [1.82, 2.24) is 15.2 Å². The van der Waals surface area contributed by atoms with Crippen LogP contribution in [0.1, 0.15) is 67.8 Å². The number of nitrogens with zero attached hydrogens (tertiary/aromatic N) is 1. The highest BCUT2D eigenvalue weighted by Gasteiger charge is 2.31. The Bertz CT molecular complexity index is 1010. The predicted octanol–water partition coefficient (Wildman–Crippen LogP) is 3.59. The summed E-state index contributed by atoms with van der Waals surface area (Å²) in [4.78, 5) is 25.0. The molecular weight excluding hydrogens is 426 g/mol. The van der Waals surface area contributed by atoms with Gasteiger partial charge in [0.25, 0.3) is 21.8 Å². The third-order valence-corrected chi connectivity index (χ3v) is 7.72. The Morgan fingerprint density at radius 1 is 0.969 bits per heavy atom. The van der Waals surface area contributed by atoms with Crippen LogP contribution in [0.3, 0.4) is 0 Å². The molecule has 2 N–H and O–H groups in total. The fraction of sp³-hybridized carbons (Fsp3) is 0.417. The van der Waals surface area contributed by atoms with Gasteiger partial charge in [-0.05, 0) is 62.4 Å². The van der Waals surface area contributed by atoms with Gasteiger partial charge in [0, 0.05) is 11.6 Å². The molecule has 2 amide bonds. The number of carbonyl (C=O) groups is 2. The Labute approximate surface area is 190 Å². The minimum atomic E-state index is -4.02. The Kier molecular flexibility index (Phi) is 8.04. The minimum absolute atomic E-state index is 0.0902. The van der Waals surface area contributed by atoms with Crippen LogP contribution in [0.4, 0.5) is 0 Å². The molecule has 0 unspecified atom stereocenters. The van der Waals surface area contributed by atoms with Gasteiger partial charge in [0.2, 0.25) is 0 Å². The second-order valence-electron chi connectivity index (χ2n) is 8.37. The topological polar surface area (TPSA) is 95.6 Å². The van der Waals surface area contributed by atoms with E-state index in [0.29, 0.717) is 11.5 Å². The molecule has 8 heteroatoms. The molecule has 0 bridgehead atoms. The number of nitrogens with one attached hydrogen (secondary N) is 2. The van der Waals surface area contributed by atoms with E-state index in [1.54, 1.807) is 56.3 Å². The number of hydrogen-bond donors (Lipinski definition) is 2. The maximum absolute atomic E-state index is 13.2. The number of carbonyl (C=O) groups excluding carboxylic acids is 2. The summed E-state index contributed by atoms with van der Waals surface area (Å²) < 4.78 is 27.3. The monoisotopic (exact) mass is 457 g/mol. The van der Waals surface area contributed by atoms with Crippen LogP contribution in [0.25, 0.3) is 0 Å². The summed E-state index contributed by atoms with van der Waals surface area (Å²) >= 11 is 0. The first kappa shape index (κ1) is 23.9. The first-order chi connectivity index (χ1) is 15.3. The summed E-state index contributed by atoms with van der Waals surface area (Å²) in [6.45, 7) is 2.94. The third-order valence-electron chi connectivity index (χ3n) is 5.71. The van der Waals surface area contributed by atoms with Gasteiger partial charge in [-0.15, -0.1) is 0 Å². The molecule has 1 saturated carbocycles. The lowest BCUT2D eigenvalue weighted by Gasteiger charge is -2.27. The van der Waals surface area contributed by atoms with Crippen molar-refractivity contribution >= 4 is 21.8 Å². The lowest BCUT2D eigenvalue weighted by atomic mass is 9.84. The van der Waals surface area contributed by atoms with Crippen LogP contribution in [-0.2, 0) is 14.8 Å². The first-order valence-electron chi connectivity index (χ1n) is 11.1. The van der Waals surface area contributed by atoms with Gasteiger partial charge >= 0.3 is 0 Å². The molecule has 0 aromatic heterocycles. The zero-order valence-corrected chi connectivity index (χ0v) is 19.4. The van der Waals surface area contributed by atoms with Gasteiger partial charge in [0.1, 0.15) is 0 Å². The maximum Gasteiger partial charge on any atom is 0.266 e. The molecule has 0 saturated heterocycles. The van der Waals surface area contributed by atoms with Crippen molar-refractivity contribution in [2.75, 3.05) is 6.54 Å². The van der Waals surface area contributed by atoms with Crippen molar-refractivity contribution in [1.29, 1.82) is 0 Å². The van der Waals surface area contributed by atoms with Crippen molar-refractivity contribution in [3.05, 3.63) is 65.7 Å². The largest absolute Gasteiger partial charge is 0.287 e. The number of benzene rings is 2.